The summed E-state index contributed by atoms with van der Waals surface area (Å²) in [7, 11) is 1.96. The van der Waals surface area contributed by atoms with E-state index in [0.717, 1.165) is 15.9 Å². The largest absolute Gasteiger partial charge is 0.336 e. The van der Waals surface area contributed by atoms with Gasteiger partial charge in [-0.15, -0.1) is 0 Å². The molecular formula is C7H9BrN4. The molecular weight excluding hydrogens is 220 g/mol. The monoisotopic (exact) mass is 228 g/mol. The summed E-state index contributed by atoms with van der Waals surface area (Å²) in [5.41, 5.74) is 6.79. The van der Waals surface area contributed by atoms with Gasteiger partial charge in [0.2, 0.25) is 0 Å². The first kappa shape index (κ1) is 7.82. The molecule has 0 aromatic carbocycles. The molecule has 4 nitrogen and oxygen atoms in total. The van der Waals surface area contributed by atoms with E-state index < -0.39 is 0 Å². The van der Waals surface area contributed by atoms with Crippen LogP contribution in [0.15, 0.2) is 15.7 Å². The number of aliphatic imine (C=N–C) groups is 1. The first-order valence-electron chi connectivity index (χ1n) is 3.58. The molecule has 0 saturated carbocycles. The third-order valence-corrected chi connectivity index (χ3v) is 2.54. The minimum absolute atomic E-state index is 0.253. The van der Waals surface area contributed by atoms with E-state index in [0.29, 0.717) is 0 Å². The van der Waals surface area contributed by atoms with Gasteiger partial charge in [0.05, 0.1) is 6.34 Å². The van der Waals surface area contributed by atoms with Crippen LogP contribution in [-0.2, 0) is 7.05 Å². The second-order valence-electron chi connectivity index (χ2n) is 2.72. The van der Waals surface area contributed by atoms with E-state index >= 15 is 0 Å². The third-order valence-electron chi connectivity index (χ3n) is 1.90. The van der Waals surface area contributed by atoms with Gasteiger partial charge in [-0.2, -0.15) is 0 Å². The van der Waals surface area contributed by atoms with Crippen LogP contribution >= 0.6 is 15.9 Å². The van der Waals surface area contributed by atoms with Crippen LogP contribution in [0.25, 0.3) is 0 Å². The van der Waals surface area contributed by atoms with Crippen molar-refractivity contribution in [1.29, 1.82) is 0 Å². The molecule has 0 spiro atoms. The molecule has 1 aliphatic heterocycles. The summed E-state index contributed by atoms with van der Waals surface area (Å²) in [5, 5.41) is 3.04. The number of halogens is 1. The zero-order valence-electron chi connectivity index (χ0n) is 6.58. The van der Waals surface area contributed by atoms with Gasteiger partial charge in [-0.1, -0.05) is 0 Å². The summed E-state index contributed by atoms with van der Waals surface area (Å²) in [5.74, 6) is 1.00. The molecule has 1 atom stereocenters. The molecule has 0 saturated heterocycles. The Balaban J connectivity index is 2.60. The number of aromatic nitrogens is 1. The molecule has 0 amide bonds. The summed E-state index contributed by atoms with van der Waals surface area (Å²) < 4.78 is 2.97. The fraction of sp³-hybridized carbons (Fsp3) is 0.286. The van der Waals surface area contributed by atoms with E-state index in [1.807, 2.05) is 17.8 Å². The van der Waals surface area contributed by atoms with Crippen LogP contribution in [0.5, 0.6) is 0 Å². The van der Waals surface area contributed by atoms with Crippen molar-refractivity contribution in [3.8, 4) is 0 Å². The smallest absolute Gasteiger partial charge is 0.129 e. The van der Waals surface area contributed by atoms with Gasteiger partial charge in [-0.3, -0.25) is 4.99 Å². The highest BCUT2D eigenvalue weighted by molar-refractivity contribution is 9.10. The number of fused-ring (bicyclic) bond motifs is 1. The van der Waals surface area contributed by atoms with E-state index in [2.05, 4.69) is 26.2 Å². The van der Waals surface area contributed by atoms with E-state index in [1.165, 1.54) is 0 Å². The van der Waals surface area contributed by atoms with Gasteiger partial charge >= 0.3 is 0 Å². The topological polar surface area (TPSA) is 55.3 Å². The lowest BCUT2D eigenvalue weighted by atomic mass is 10.2. The predicted octanol–water partition coefficient (Wildman–Crippen LogP) is 1.20. The van der Waals surface area contributed by atoms with Crippen molar-refractivity contribution in [3.63, 3.8) is 0 Å². The standard InChI is InChI=1S/C7H9BrN4/c1-12-2-4(8)5-6(9)10-3-11-7(5)12/h2-3,6H,9H2,1H3,(H,10,11). The van der Waals surface area contributed by atoms with Crippen LogP contribution in [0.3, 0.4) is 0 Å². The highest BCUT2D eigenvalue weighted by Crippen LogP contribution is 2.33. The van der Waals surface area contributed by atoms with Crippen molar-refractivity contribution >= 4 is 28.1 Å². The Bertz CT molecular complexity index is 341. The number of aryl methyl sites for hydroxylation is 1. The van der Waals surface area contributed by atoms with Crippen molar-refractivity contribution in [2.24, 2.45) is 17.8 Å². The van der Waals surface area contributed by atoms with Crippen LogP contribution < -0.4 is 11.1 Å². The number of anilines is 1. The highest BCUT2D eigenvalue weighted by atomic mass is 79.9. The molecule has 1 aromatic rings. The number of nitrogens with zero attached hydrogens (tertiary/aromatic N) is 2. The first-order valence-corrected chi connectivity index (χ1v) is 4.38. The van der Waals surface area contributed by atoms with Gasteiger partial charge < -0.3 is 15.6 Å². The fourth-order valence-electron chi connectivity index (χ4n) is 1.32. The van der Waals surface area contributed by atoms with Crippen LogP contribution in [0.4, 0.5) is 5.82 Å². The molecule has 1 aromatic heterocycles. The van der Waals surface area contributed by atoms with Gasteiger partial charge in [-0.25, -0.2) is 0 Å². The van der Waals surface area contributed by atoms with Gasteiger partial charge in [0.1, 0.15) is 12.0 Å². The lowest BCUT2D eigenvalue weighted by Crippen LogP contribution is -2.17. The molecule has 0 radical (unpaired) electrons. The maximum Gasteiger partial charge on any atom is 0.129 e. The Labute approximate surface area is 78.6 Å². The summed E-state index contributed by atoms with van der Waals surface area (Å²) in [6, 6.07) is 0. The Morgan fingerprint density at radius 2 is 2.50 bits per heavy atom. The molecule has 3 N–H and O–H groups in total. The molecule has 2 heterocycles. The number of rotatable bonds is 0. The molecule has 2 rings (SSSR count). The van der Waals surface area contributed by atoms with Crippen molar-refractivity contribution < 1.29 is 0 Å². The molecule has 12 heavy (non-hydrogen) atoms. The number of nitrogens with two attached hydrogens (primary N) is 1. The van der Waals surface area contributed by atoms with E-state index in [4.69, 9.17) is 5.73 Å². The van der Waals surface area contributed by atoms with Gasteiger partial charge in [0.25, 0.3) is 0 Å². The Hall–Kier alpha value is -0.810. The molecule has 64 valence electrons. The fourth-order valence-corrected chi connectivity index (χ4v) is 2.05. The van der Waals surface area contributed by atoms with Crippen molar-refractivity contribution in [3.05, 3.63) is 16.2 Å². The minimum Gasteiger partial charge on any atom is -0.336 e. The van der Waals surface area contributed by atoms with Crippen LogP contribution in [0, 0.1) is 0 Å². The zero-order valence-corrected chi connectivity index (χ0v) is 8.17. The lowest BCUT2D eigenvalue weighted by Gasteiger charge is -2.15. The maximum atomic E-state index is 5.78. The van der Waals surface area contributed by atoms with Crippen LogP contribution in [0.2, 0.25) is 0 Å². The first-order chi connectivity index (χ1) is 5.70. The summed E-state index contributed by atoms with van der Waals surface area (Å²) in [6.07, 6.45) is 3.34. The predicted molar refractivity (Wildman–Crippen MR) is 52.2 cm³/mol. The van der Waals surface area contributed by atoms with E-state index in [1.54, 1.807) is 6.34 Å². The number of hydrogen-bond donors (Lipinski definition) is 2. The molecule has 0 bridgehead atoms. The Kier molecular flexibility index (Phi) is 1.69. The number of nitrogens with one attached hydrogen (secondary N) is 1. The van der Waals surface area contributed by atoms with Crippen molar-refractivity contribution in [1.82, 2.24) is 4.57 Å². The third kappa shape index (κ3) is 0.971. The van der Waals surface area contributed by atoms with Crippen molar-refractivity contribution in [2.45, 2.75) is 6.17 Å². The van der Waals surface area contributed by atoms with Crippen LogP contribution in [-0.4, -0.2) is 10.9 Å². The maximum absolute atomic E-state index is 5.78. The minimum atomic E-state index is -0.253. The van der Waals surface area contributed by atoms with Gasteiger partial charge in [0, 0.05) is 23.3 Å². The highest BCUT2D eigenvalue weighted by Gasteiger charge is 2.19. The average molecular weight is 229 g/mol. The van der Waals surface area contributed by atoms with E-state index in [9.17, 15) is 0 Å². The molecule has 0 fully saturated rings. The van der Waals surface area contributed by atoms with Gasteiger partial charge in [0.15, 0.2) is 0 Å². The lowest BCUT2D eigenvalue weighted by molar-refractivity contribution is 0.766. The Morgan fingerprint density at radius 1 is 1.75 bits per heavy atom. The van der Waals surface area contributed by atoms with Crippen molar-refractivity contribution in [2.75, 3.05) is 5.32 Å². The molecule has 1 aliphatic rings. The molecule has 1 unspecified atom stereocenters. The summed E-state index contributed by atoms with van der Waals surface area (Å²) in [6.45, 7) is 0. The second-order valence-corrected chi connectivity index (χ2v) is 3.57. The average Bonchev–Trinajstić information content (AvgIpc) is 2.29. The second kappa shape index (κ2) is 2.60. The number of hydrogen-bond acceptors (Lipinski definition) is 3. The summed E-state index contributed by atoms with van der Waals surface area (Å²) >= 11 is 3.43. The quantitative estimate of drug-likeness (QED) is 0.702. The SMILES string of the molecule is Cn1cc(Br)c2c1NC=NC2N. The zero-order chi connectivity index (χ0) is 8.72. The Morgan fingerprint density at radius 3 is 3.17 bits per heavy atom. The van der Waals surface area contributed by atoms with Gasteiger partial charge in [-0.05, 0) is 15.9 Å². The molecule has 5 heteroatoms. The summed E-state index contributed by atoms with van der Waals surface area (Å²) in [4.78, 5) is 4.04. The normalized spacial score (nSPS) is 20.4. The molecule has 0 aliphatic carbocycles. The van der Waals surface area contributed by atoms with E-state index in [-0.39, 0.29) is 6.17 Å². The van der Waals surface area contributed by atoms with Crippen LogP contribution in [0.1, 0.15) is 11.7 Å².